The summed E-state index contributed by atoms with van der Waals surface area (Å²) >= 11 is 20.0. The summed E-state index contributed by atoms with van der Waals surface area (Å²) in [5.74, 6) is 0.607. The molecule has 0 aliphatic heterocycles. The van der Waals surface area contributed by atoms with Gasteiger partial charge >= 0.3 is 12.1 Å². The van der Waals surface area contributed by atoms with E-state index in [2.05, 4.69) is 31.4 Å². The minimum Gasteiger partial charge on any atom is -0.462 e. The van der Waals surface area contributed by atoms with E-state index in [1.165, 1.54) is 11.3 Å². The molecule has 3 rings (SSSR count). The van der Waals surface area contributed by atoms with Crippen molar-refractivity contribution in [1.29, 1.82) is 0 Å². The Bertz CT molecular complexity index is 1030. The number of hydrogen-bond acceptors (Lipinski definition) is 6. The number of carbonyl (C=O) groups excluding carboxylic acids is 2. The summed E-state index contributed by atoms with van der Waals surface area (Å²) < 4.78 is 9.20. The first kappa shape index (κ1) is 28.9. The molecule has 1 amide bonds. The van der Waals surface area contributed by atoms with Crippen molar-refractivity contribution in [3.8, 4) is 11.1 Å². The molecule has 1 heterocycles. The summed E-state index contributed by atoms with van der Waals surface area (Å²) in [4.78, 5) is 25.8. The molecule has 1 aliphatic rings. The molecule has 0 saturated heterocycles. The third kappa shape index (κ3) is 7.44. The first-order valence-electron chi connectivity index (χ1n) is 12.2. The Morgan fingerprint density at radius 1 is 1.17 bits per heavy atom. The average molecular weight is 576 g/mol. The number of thiophene rings is 1. The number of esters is 1. The number of ether oxygens (including phenoxy) is 2. The Balaban J connectivity index is 1.83. The zero-order valence-electron chi connectivity index (χ0n) is 20.9. The zero-order valence-corrected chi connectivity index (χ0v) is 23.9. The van der Waals surface area contributed by atoms with Crippen LogP contribution in [-0.4, -0.2) is 34.7 Å². The number of hydrogen-bond donors (Lipinski definition) is 2. The number of rotatable bonds is 8. The van der Waals surface area contributed by atoms with Crippen molar-refractivity contribution in [3.05, 3.63) is 41.3 Å². The molecule has 0 bridgehead atoms. The van der Waals surface area contributed by atoms with Crippen molar-refractivity contribution in [2.75, 3.05) is 11.9 Å². The summed E-state index contributed by atoms with van der Waals surface area (Å²) in [6, 6.07) is 9.45. The number of anilines is 1. The Morgan fingerprint density at radius 2 is 1.86 bits per heavy atom. The van der Waals surface area contributed by atoms with Crippen molar-refractivity contribution in [2.45, 2.75) is 63.0 Å². The van der Waals surface area contributed by atoms with Crippen LogP contribution in [0, 0.1) is 17.8 Å². The first-order valence-corrected chi connectivity index (χ1v) is 14.2. The van der Waals surface area contributed by atoms with Crippen LogP contribution in [0.25, 0.3) is 11.1 Å². The van der Waals surface area contributed by atoms with E-state index < -0.39 is 22.0 Å². The van der Waals surface area contributed by atoms with Crippen LogP contribution >= 0.6 is 46.1 Å². The van der Waals surface area contributed by atoms with Gasteiger partial charge in [-0.2, -0.15) is 0 Å². The van der Waals surface area contributed by atoms with Gasteiger partial charge < -0.3 is 14.8 Å². The number of nitrogens with one attached hydrogen (secondary N) is 2. The first-order chi connectivity index (χ1) is 17.0. The van der Waals surface area contributed by atoms with E-state index in [4.69, 9.17) is 44.3 Å². The van der Waals surface area contributed by atoms with Gasteiger partial charge in [-0.3, -0.25) is 5.32 Å². The molecule has 4 atom stereocenters. The predicted octanol–water partition coefficient (Wildman–Crippen LogP) is 7.89. The number of benzene rings is 1. The minimum atomic E-state index is -1.93. The molecule has 1 aliphatic carbocycles. The van der Waals surface area contributed by atoms with Crippen LogP contribution in [0.5, 0.6) is 0 Å². The molecule has 1 saturated carbocycles. The molecule has 0 spiro atoms. The average Bonchev–Trinajstić information content (AvgIpc) is 3.22. The summed E-state index contributed by atoms with van der Waals surface area (Å²) in [7, 11) is 0. The number of alkyl carbamates (subject to hydrolysis) is 1. The van der Waals surface area contributed by atoms with Crippen LogP contribution in [0.4, 0.5) is 9.80 Å². The second-order valence-electron chi connectivity index (χ2n) is 9.47. The molecular formula is C26H33Cl3N2O4S. The van der Waals surface area contributed by atoms with E-state index in [0.717, 1.165) is 24.8 Å². The van der Waals surface area contributed by atoms with Crippen LogP contribution in [0.1, 0.15) is 57.3 Å². The van der Waals surface area contributed by atoms with E-state index in [-0.39, 0.29) is 18.6 Å². The molecule has 2 aromatic rings. The topological polar surface area (TPSA) is 76.7 Å². The van der Waals surface area contributed by atoms with Crippen LogP contribution in [0.15, 0.2) is 35.7 Å². The van der Waals surface area contributed by atoms with Gasteiger partial charge in [0.05, 0.1) is 6.61 Å². The van der Waals surface area contributed by atoms with Gasteiger partial charge in [-0.05, 0) is 43.1 Å². The molecule has 0 radical (unpaired) electrons. The smallest absolute Gasteiger partial charge is 0.409 e. The van der Waals surface area contributed by atoms with E-state index in [1.807, 2.05) is 35.7 Å². The Morgan fingerprint density at radius 3 is 2.47 bits per heavy atom. The molecule has 10 heteroatoms. The number of halogens is 3. The maximum atomic E-state index is 12.9. The van der Waals surface area contributed by atoms with Crippen molar-refractivity contribution in [2.24, 2.45) is 17.8 Å². The Kier molecular flexibility index (Phi) is 10.2. The molecule has 36 heavy (non-hydrogen) atoms. The lowest BCUT2D eigenvalue weighted by molar-refractivity contribution is 0.00534. The molecule has 1 aromatic carbocycles. The monoisotopic (exact) mass is 574 g/mol. The van der Waals surface area contributed by atoms with Gasteiger partial charge in [-0.25, -0.2) is 9.59 Å². The van der Waals surface area contributed by atoms with Gasteiger partial charge in [-0.15, -0.1) is 11.3 Å². The highest BCUT2D eigenvalue weighted by molar-refractivity contribution is 7.15. The Hall–Kier alpha value is -1.67. The molecular weight excluding hydrogens is 543 g/mol. The maximum absolute atomic E-state index is 12.9. The summed E-state index contributed by atoms with van der Waals surface area (Å²) in [6.07, 6.45) is 0.849. The standard InChI is InChI=1S/C26H33Cl3N2O4S/c1-5-34-23(32)21-19(17-9-7-6-8-10-17)14-36-22(21)30-24(26(27,28)29)31-25(33)35-20-13-16(4)11-12-18(20)15(2)3/h6-10,14-16,18,20,24,30H,5,11-13H2,1-4H3,(H,31,33)/t16-,18-,20-,24+/m1/s1. The van der Waals surface area contributed by atoms with Crippen LogP contribution in [0.2, 0.25) is 0 Å². The number of carbonyl (C=O) groups is 2. The fourth-order valence-corrected chi connectivity index (χ4v) is 5.88. The van der Waals surface area contributed by atoms with Gasteiger partial charge in [0.15, 0.2) is 6.17 Å². The second kappa shape index (κ2) is 12.7. The molecule has 198 valence electrons. The molecule has 0 unspecified atom stereocenters. The predicted molar refractivity (Wildman–Crippen MR) is 148 cm³/mol. The second-order valence-corrected chi connectivity index (χ2v) is 12.7. The third-order valence-corrected chi connectivity index (χ3v) is 8.01. The SMILES string of the molecule is CCOC(=O)c1c(-c2ccccc2)csc1N[C@@H](NC(=O)O[C@@H]1C[C@H](C)CC[C@@H]1C(C)C)C(Cl)(Cl)Cl. The highest BCUT2D eigenvalue weighted by Gasteiger charge is 2.38. The van der Waals surface area contributed by atoms with Crippen molar-refractivity contribution < 1.29 is 19.1 Å². The lowest BCUT2D eigenvalue weighted by Crippen LogP contribution is -2.50. The molecule has 2 N–H and O–H groups in total. The largest absolute Gasteiger partial charge is 0.462 e. The summed E-state index contributed by atoms with van der Waals surface area (Å²) in [6.45, 7) is 8.38. The third-order valence-electron chi connectivity index (χ3n) is 6.44. The molecule has 6 nitrogen and oxygen atoms in total. The van der Waals surface area contributed by atoms with Gasteiger partial charge in [0.1, 0.15) is 16.7 Å². The highest BCUT2D eigenvalue weighted by atomic mass is 35.6. The van der Waals surface area contributed by atoms with E-state index in [9.17, 15) is 9.59 Å². The van der Waals surface area contributed by atoms with E-state index >= 15 is 0 Å². The van der Waals surface area contributed by atoms with Gasteiger partial charge in [0, 0.05) is 10.9 Å². The van der Waals surface area contributed by atoms with Crippen molar-refractivity contribution in [1.82, 2.24) is 5.32 Å². The lowest BCUT2D eigenvalue weighted by atomic mass is 9.75. The van der Waals surface area contributed by atoms with Gasteiger partial charge in [0.2, 0.25) is 3.79 Å². The van der Waals surface area contributed by atoms with Crippen molar-refractivity contribution in [3.63, 3.8) is 0 Å². The van der Waals surface area contributed by atoms with Crippen LogP contribution in [-0.2, 0) is 9.47 Å². The van der Waals surface area contributed by atoms with Gasteiger partial charge in [0.25, 0.3) is 0 Å². The Labute approximate surface area is 232 Å². The molecule has 1 fully saturated rings. The normalized spacial score (nSPS) is 21.1. The fourth-order valence-electron chi connectivity index (χ4n) is 4.57. The van der Waals surface area contributed by atoms with E-state index in [1.54, 1.807) is 6.92 Å². The lowest BCUT2D eigenvalue weighted by Gasteiger charge is -2.37. The van der Waals surface area contributed by atoms with E-state index in [0.29, 0.717) is 28.0 Å². The quantitative estimate of drug-likeness (QED) is 0.190. The number of alkyl halides is 3. The zero-order chi connectivity index (χ0) is 26.5. The van der Waals surface area contributed by atoms with Crippen LogP contribution < -0.4 is 10.6 Å². The highest BCUT2D eigenvalue weighted by Crippen LogP contribution is 2.39. The van der Waals surface area contributed by atoms with Crippen molar-refractivity contribution >= 4 is 63.2 Å². The minimum absolute atomic E-state index is 0.206. The van der Waals surface area contributed by atoms with Crippen LogP contribution in [0.3, 0.4) is 0 Å². The summed E-state index contributed by atoms with van der Waals surface area (Å²) in [5, 5.41) is 7.94. The molecule has 1 aromatic heterocycles. The summed E-state index contributed by atoms with van der Waals surface area (Å²) in [5.41, 5.74) is 1.83. The van der Waals surface area contributed by atoms with Gasteiger partial charge in [-0.1, -0.05) is 92.3 Å². The maximum Gasteiger partial charge on any atom is 0.409 e. The fraction of sp³-hybridized carbons (Fsp3) is 0.538. The number of amides is 1.